The Hall–Kier alpha value is -2.29. The van der Waals surface area contributed by atoms with Gasteiger partial charge in [-0.3, -0.25) is 14.6 Å². The largest absolute Gasteiger partial charge is 0.459 e. The summed E-state index contributed by atoms with van der Waals surface area (Å²) >= 11 is 0. The minimum atomic E-state index is -0.731. The van der Waals surface area contributed by atoms with Gasteiger partial charge >= 0.3 is 5.97 Å². The molecule has 1 N–H and O–H groups in total. The Bertz CT molecular complexity index is 543. The average molecular weight is 235 g/mol. The van der Waals surface area contributed by atoms with E-state index in [2.05, 4.69) is 5.10 Å². The summed E-state index contributed by atoms with van der Waals surface area (Å²) in [6.07, 6.45) is 2.39. The summed E-state index contributed by atoms with van der Waals surface area (Å²) in [6.45, 7) is 3.37. The second-order valence-electron chi connectivity index (χ2n) is 3.76. The molecule has 1 rings (SSSR count). The van der Waals surface area contributed by atoms with E-state index in [0.717, 1.165) is 0 Å². The number of ether oxygens (including phenoxy) is 1. The van der Waals surface area contributed by atoms with Crippen LogP contribution in [0.3, 0.4) is 0 Å². The first-order chi connectivity index (χ1) is 7.93. The number of aryl methyl sites for hydroxylation is 1. The van der Waals surface area contributed by atoms with Crippen LogP contribution in [0.25, 0.3) is 6.08 Å². The smallest absolute Gasteiger partial charge is 0.349 e. The van der Waals surface area contributed by atoms with E-state index in [4.69, 9.17) is 10.00 Å². The van der Waals surface area contributed by atoms with Gasteiger partial charge in [-0.1, -0.05) is 0 Å². The van der Waals surface area contributed by atoms with Gasteiger partial charge in [0, 0.05) is 13.2 Å². The van der Waals surface area contributed by atoms with Crippen LogP contribution in [-0.4, -0.2) is 21.9 Å². The summed E-state index contributed by atoms with van der Waals surface area (Å²) in [7, 11) is 1.64. The number of nitrogens with zero attached hydrogens (tertiary/aromatic N) is 2. The van der Waals surface area contributed by atoms with Gasteiger partial charge in [-0.05, 0) is 19.9 Å². The maximum Gasteiger partial charge on any atom is 0.349 e. The molecule has 1 heterocycles. The molecule has 0 saturated carbocycles. The molecule has 0 aromatic carbocycles. The number of rotatable bonds is 3. The normalized spacial score (nSPS) is 11.4. The van der Waals surface area contributed by atoms with Crippen LogP contribution in [0, 0.1) is 11.3 Å². The van der Waals surface area contributed by atoms with Gasteiger partial charge in [-0.15, -0.1) is 0 Å². The van der Waals surface area contributed by atoms with Gasteiger partial charge in [0.25, 0.3) is 5.56 Å². The van der Waals surface area contributed by atoms with Gasteiger partial charge < -0.3 is 4.74 Å². The SMILES string of the molecule is CC(C)OC(=O)/C(C#N)=C/c1cn(C)[nH]c1=O. The highest BCUT2D eigenvalue weighted by Crippen LogP contribution is 2.05. The Morgan fingerprint density at radius 2 is 2.29 bits per heavy atom. The second-order valence-corrected chi connectivity index (χ2v) is 3.76. The van der Waals surface area contributed by atoms with Crippen LogP contribution in [0.15, 0.2) is 16.6 Å². The van der Waals surface area contributed by atoms with Gasteiger partial charge in [0.05, 0.1) is 11.7 Å². The Kier molecular flexibility index (Phi) is 3.88. The Morgan fingerprint density at radius 1 is 1.65 bits per heavy atom. The molecule has 1 aromatic heterocycles. The second kappa shape index (κ2) is 5.16. The van der Waals surface area contributed by atoms with Crippen LogP contribution in [-0.2, 0) is 16.6 Å². The molecule has 0 aliphatic rings. The van der Waals surface area contributed by atoms with Crippen molar-refractivity contribution < 1.29 is 9.53 Å². The van der Waals surface area contributed by atoms with Crippen LogP contribution < -0.4 is 5.56 Å². The maximum absolute atomic E-state index is 11.5. The third-order valence-electron chi connectivity index (χ3n) is 1.86. The number of esters is 1. The maximum atomic E-state index is 11.5. The molecule has 0 fully saturated rings. The van der Waals surface area contributed by atoms with Crippen LogP contribution in [0.5, 0.6) is 0 Å². The average Bonchev–Trinajstić information content (AvgIpc) is 2.52. The van der Waals surface area contributed by atoms with Crippen LogP contribution in [0.1, 0.15) is 19.4 Å². The molecule has 6 nitrogen and oxygen atoms in total. The summed E-state index contributed by atoms with van der Waals surface area (Å²) in [4.78, 5) is 22.8. The standard InChI is InChI=1S/C11H13N3O3/c1-7(2)17-11(16)8(5-12)4-9-6-14(3)13-10(9)15/h4,6-7H,1-3H3,(H,13,15)/b8-4+. The quantitative estimate of drug-likeness (QED) is 0.471. The zero-order chi connectivity index (χ0) is 13.0. The summed E-state index contributed by atoms with van der Waals surface area (Å²) < 4.78 is 6.31. The molecule has 0 unspecified atom stereocenters. The Balaban J connectivity index is 3.03. The summed E-state index contributed by atoms with van der Waals surface area (Å²) in [6, 6.07) is 1.72. The first kappa shape index (κ1) is 12.8. The summed E-state index contributed by atoms with van der Waals surface area (Å²) in [5, 5.41) is 11.3. The van der Waals surface area contributed by atoms with Crippen molar-refractivity contribution in [3.8, 4) is 6.07 Å². The molecule has 0 radical (unpaired) electrons. The van der Waals surface area contributed by atoms with E-state index in [1.165, 1.54) is 17.0 Å². The van der Waals surface area contributed by atoms with Crippen molar-refractivity contribution in [2.24, 2.45) is 7.05 Å². The van der Waals surface area contributed by atoms with Gasteiger partial charge in [0.15, 0.2) is 0 Å². The Morgan fingerprint density at radius 3 is 2.71 bits per heavy atom. The van der Waals surface area contributed by atoms with Gasteiger partial charge in [0.2, 0.25) is 0 Å². The van der Waals surface area contributed by atoms with E-state index in [9.17, 15) is 9.59 Å². The fraction of sp³-hybridized carbons (Fsp3) is 0.364. The lowest BCUT2D eigenvalue weighted by atomic mass is 10.2. The summed E-state index contributed by atoms with van der Waals surface area (Å²) in [5.74, 6) is -0.731. The number of H-pyrrole nitrogens is 1. The number of aromatic amines is 1. The molecule has 17 heavy (non-hydrogen) atoms. The highest BCUT2D eigenvalue weighted by atomic mass is 16.5. The van der Waals surface area contributed by atoms with E-state index in [1.54, 1.807) is 27.0 Å². The number of hydrogen-bond donors (Lipinski definition) is 1. The molecule has 0 aliphatic carbocycles. The van der Waals surface area contributed by atoms with Crippen molar-refractivity contribution in [1.82, 2.24) is 9.78 Å². The summed E-state index contributed by atoms with van der Waals surface area (Å²) in [5.41, 5.74) is -0.322. The lowest BCUT2D eigenvalue weighted by Crippen LogP contribution is -2.13. The first-order valence-corrected chi connectivity index (χ1v) is 5.02. The molecule has 0 aliphatic heterocycles. The van der Waals surface area contributed by atoms with Crippen molar-refractivity contribution in [3.05, 3.63) is 27.7 Å². The monoisotopic (exact) mass is 235 g/mol. The molecule has 6 heteroatoms. The van der Waals surface area contributed by atoms with Crippen molar-refractivity contribution >= 4 is 12.0 Å². The molecule has 1 aromatic rings. The number of aromatic nitrogens is 2. The molecule has 0 spiro atoms. The predicted molar refractivity (Wildman–Crippen MR) is 60.9 cm³/mol. The van der Waals surface area contributed by atoms with E-state index in [-0.39, 0.29) is 22.8 Å². The van der Waals surface area contributed by atoms with Crippen molar-refractivity contribution in [2.45, 2.75) is 20.0 Å². The molecular formula is C11H13N3O3. The molecule has 0 amide bonds. The third kappa shape index (κ3) is 3.34. The zero-order valence-corrected chi connectivity index (χ0v) is 9.85. The van der Waals surface area contributed by atoms with Gasteiger partial charge in [-0.25, -0.2) is 4.79 Å². The van der Waals surface area contributed by atoms with Crippen LogP contribution in [0.2, 0.25) is 0 Å². The lowest BCUT2D eigenvalue weighted by Gasteiger charge is -2.05. The predicted octanol–water partition coefficient (Wildman–Crippen LogP) is 0.572. The minimum Gasteiger partial charge on any atom is -0.459 e. The number of carbonyl (C=O) groups is 1. The van der Waals surface area contributed by atoms with E-state index in [0.29, 0.717) is 0 Å². The number of carbonyl (C=O) groups excluding carboxylic acids is 1. The molecule has 0 bridgehead atoms. The third-order valence-corrected chi connectivity index (χ3v) is 1.86. The first-order valence-electron chi connectivity index (χ1n) is 5.02. The number of nitriles is 1. The van der Waals surface area contributed by atoms with Crippen molar-refractivity contribution in [2.75, 3.05) is 0 Å². The zero-order valence-electron chi connectivity index (χ0n) is 9.85. The van der Waals surface area contributed by atoms with Crippen LogP contribution in [0.4, 0.5) is 0 Å². The van der Waals surface area contributed by atoms with E-state index < -0.39 is 5.97 Å². The van der Waals surface area contributed by atoms with Crippen molar-refractivity contribution in [1.29, 1.82) is 5.26 Å². The van der Waals surface area contributed by atoms with E-state index >= 15 is 0 Å². The highest BCUT2D eigenvalue weighted by Gasteiger charge is 2.13. The highest BCUT2D eigenvalue weighted by molar-refractivity contribution is 5.97. The fourth-order valence-corrected chi connectivity index (χ4v) is 1.20. The number of hydrogen-bond acceptors (Lipinski definition) is 4. The fourth-order valence-electron chi connectivity index (χ4n) is 1.20. The molecular weight excluding hydrogens is 222 g/mol. The molecule has 0 atom stereocenters. The lowest BCUT2D eigenvalue weighted by molar-refractivity contribution is -0.142. The molecule has 90 valence electrons. The number of nitrogens with one attached hydrogen (secondary N) is 1. The van der Waals surface area contributed by atoms with E-state index in [1.807, 2.05) is 0 Å². The van der Waals surface area contributed by atoms with Gasteiger partial charge in [-0.2, -0.15) is 5.26 Å². The molecule has 0 saturated heterocycles. The topological polar surface area (TPSA) is 87.9 Å². The minimum absolute atomic E-state index is 0.199. The van der Waals surface area contributed by atoms with Crippen molar-refractivity contribution in [3.63, 3.8) is 0 Å². The van der Waals surface area contributed by atoms with Gasteiger partial charge in [0.1, 0.15) is 11.6 Å². The van der Waals surface area contributed by atoms with Crippen LogP contribution >= 0.6 is 0 Å². The Labute approximate surface area is 98.1 Å².